The van der Waals surface area contributed by atoms with Gasteiger partial charge in [0, 0.05) is 14.8 Å². The number of aromatic amines is 1. The van der Waals surface area contributed by atoms with Crippen LogP contribution in [0.15, 0.2) is 50.8 Å². The molecule has 3 aromatic rings. The summed E-state index contributed by atoms with van der Waals surface area (Å²) in [7, 11) is -4.34. The van der Waals surface area contributed by atoms with Gasteiger partial charge in [0.15, 0.2) is 0 Å². The molecule has 136 valence electrons. The fourth-order valence-corrected chi connectivity index (χ4v) is 3.79. The van der Waals surface area contributed by atoms with Crippen LogP contribution in [0.25, 0.3) is 11.1 Å². The molecular formula is C15H10ClFIN3O4S. The predicted octanol–water partition coefficient (Wildman–Crippen LogP) is 3.42. The summed E-state index contributed by atoms with van der Waals surface area (Å²) >= 11 is 8.25. The number of rotatable bonds is 4. The summed E-state index contributed by atoms with van der Waals surface area (Å²) in [6, 6.07) is 7.01. The molecule has 0 aliphatic rings. The molecule has 7 nitrogen and oxygen atoms in total. The molecule has 2 aromatic carbocycles. The van der Waals surface area contributed by atoms with Gasteiger partial charge in [-0.2, -0.15) is 5.16 Å². The first-order valence-corrected chi connectivity index (χ1v) is 9.92. The van der Waals surface area contributed by atoms with Crippen molar-refractivity contribution in [1.29, 1.82) is 0 Å². The Morgan fingerprint density at radius 3 is 2.50 bits per heavy atom. The number of halogens is 3. The second kappa shape index (κ2) is 7.02. The summed E-state index contributed by atoms with van der Waals surface area (Å²) in [5, 5.41) is 10.4. The molecule has 0 saturated carbocycles. The number of nitrogens with two attached hydrogens (primary N) is 1. The molecule has 26 heavy (non-hydrogen) atoms. The lowest BCUT2D eigenvalue weighted by Crippen LogP contribution is -2.15. The highest BCUT2D eigenvalue weighted by Gasteiger charge is 2.21. The monoisotopic (exact) mass is 509 g/mol. The molecule has 3 rings (SSSR count). The maximum Gasteiger partial charge on any atom is 0.287 e. The maximum atomic E-state index is 14.3. The fraction of sp³-hybridized carbons (Fsp3) is 0. The molecule has 0 radical (unpaired) electrons. The Bertz CT molecular complexity index is 1160. The second-order valence-electron chi connectivity index (χ2n) is 5.20. The molecule has 0 spiro atoms. The van der Waals surface area contributed by atoms with Crippen LogP contribution in [0, 0.1) is 9.39 Å². The van der Waals surface area contributed by atoms with Crippen LogP contribution in [-0.4, -0.2) is 13.6 Å². The Hall–Kier alpha value is -1.89. The summed E-state index contributed by atoms with van der Waals surface area (Å²) < 4.78 is 43.1. The van der Waals surface area contributed by atoms with E-state index in [9.17, 15) is 17.6 Å². The van der Waals surface area contributed by atoms with E-state index in [1.165, 1.54) is 0 Å². The lowest BCUT2D eigenvalue weighted by Gasteiger charge is -2.14. The minimum Gasteiger partial charge on any atom is -0.386 e. The molecular weight excluding hydrogens is 500 g/mol. The molecule has 0 atom stereocenters. The average molecular weight is 510 g/mol. The summed E-state index contributed by atoms with van der Waals surface area (Å²) in [4.78, 5) is 11.2. The van der Waals surface area contributed by atoms with Gasteiger partial charge in [-0.3, -0.25) is 4.79 Å². The zero-order chi connectivity index (χ0) is 19.1. The van der Waals surface area contributed by atoms with Crippen molar-refractivity contribution < 1.29 is 17.3 Å². The first-order chi connectivity index (χ1) is 12.2. The Kier molecular flexibility index (Phi) is 5.10. The van der Waals surface area contributed by atoms with Crippen LogP contribution in [0.4, 0.5) is 15.8 Å². The molecule has 1 aromatic heterocycles. The van der Waals surface area contributed by atoms with Crippen LogP contribution in [0.1, 0.15) is 0 Å². The van der Waals surface area contributed by atoms with E-state index in [4.69, 9.17) is 21.3 Å². The van der Waals surface area contributed by atoms with Gasteiger partial charge in [0.25, 0.3) is 5.56 Å². The van der Waals surface area contributed by atoms with Gasteiger partial charge >= 0.3 is 0 Å². The maximum absolute atomic E-state index is 14.3. The number of benzene rings is 2. The standard InChI is InChI=1S/C15H10ClFIN3O4S/c16-10-3-7(18)1-2-12(10)20-13-5-11(17)14(26(19,23)24)4-8(13)9-6-25-21-15(9)22/h1-6,20H,(H,21,22)(H2,19,23,24). The number of anilines is 2. The number of hydrogen-bond donors (Lipinski definition) is 3. The van der Waals surface area contributed by atoms with E-state index in [1.807, 2.05) is 0 Å². The van der Waals surface area contributed by atoms with Gasteiger partial charge in [0.2, 0.25) is 10.0 Å². The lowest BCUT2D eigenvalue weighted by molar-refractivity contribution is 0.414. The predicted molar refractivity (Wildman–Crippen MR) is 104 cm³/mol. The molecule has 0 fully saturated rings. The molecule has 11 heteroatoms. The smallest absolute Gasteiger partial charge is 0.287 e. The van der Waals surface area contributed by atoms with Crippen molar-refractivity contribution in [2.24, 2.45) is 5.14 Å². The Morgan fingerprint density at radius 1 is 1.19 bits per heavy atom. The number of hydrogen-bond acceptors (Lipinski definition) is 5. The van der Waals surface area contributed by atoms with E-state index in [-0.39, 0.29) is 16.8 Å². The highest BCUT2D eigenvalue weighted by molar-refractivity contribution is 14.1. The summed E-state index contributed by atoms with van der Waals surface area (Å²) in [6.45, 7) is 0. The second-order valence-corrected chi connectivity index (χ2v) is 8.39. The number of aromatic nitrogens is 1. The number of sulfonamides is 1. The van der Waals surface area contributed by atoms with Crippen molar-refractivity contribution in [2.75, 3.05) is 5.32 Å². The van der Waals surface area contributed by atoms with Crippen molar-refractivity contribution >= 4 is 55.6 Å². The van der Waals surface area contributed by atoms with E-state index in [0.717, 1.165) is 22.0 Å². The van der Waals surface area contributed by atoms with Crippen molar-refractivity contribution in [2.45, 2.75) is 4.90 Å². The van der Waals surface area contributed by atoms with Crippen LogP contribution in [-0.2, 0) is 10.0 Å². The molecule has 0 amide bonds. The Morgan fingerprint density at radius 2 is 1.92 bits per heavy atom. The van der Waals surface area contributed by atoms with Gasteiger partial charge in [0.1, 0.15) is 17.0 Å². The van der Waals surface area contributed by atoms with Gasteiger partial charge in [-0.1, -0.05) is 11.6 Å². The van der Waals surface area contributed by atoms with E-state index >= 15 is 0 Å². The van der Waals surface area contributed by atoms with Crippen molar-refractivity contribution in [3.63, 3.8) is 0 Å². The topological polar surface area (TPSA) is 118 Å². The van der Waals surface area contributed by atoms with Crippen LogP contribution in [0.5, 0.6) is 0 Å². The molecule has 4 N–H and O–H groups in total. The quantitative estimate of drug-likeness (QED) is 0.466. The first kappa shape index (κ1) is 18.9. The van der Waals surface area contributed by atoms with Crippen molar-refractivity contribution in [1.82, 2.24) is 5.16 Å². The minimum atomic E-state index is -4.34. The third kappa shape index (κ3) is 3.77. The molecule has 0 bridgehead atoms. The minimum absolute atomic E-state index is 0.000894. The molecule has 0 aliphatic carbocycles. The van der Waals surface area contributed by atoms with E-state index < -0.39 is 26.3 Å². The van der Waals surface area contributed by atoms with Gasteiger partial charge in [0.05, 0.1) is 16.3 Å². The lowest BCUT2D eigenvalue weighted by atomic mass is 10.1. The van der Waals surface area contributed by atoms with Crippen molar-refractivity contribution in [3.8, 4) is 11.1 Å². The van der Waals surface area contributed by atoms with E-state index in [1.54, 1.807) is 18.2 Å². The van der Waals surface area contributed by atoms with Gasteiger partial charge in [-0.05, 0) is 52.9 Å². The van der Waals surface area contributed by atoms with Crippen molar-refractivity contribution in [3.05, 3.63) is 61.4 Å². The fourth-order valence-electron chi connectivity index (χ4n) is 2.27. The molecule has 0 aliphatic heterocycles. The normalized spacial score (nSPS) is 11.5. The highest BCUT2D eigenvalue weighted by Crippen LogP contribution is 2.35. The Labute approximate surface area is 165 Å². The summed E-state index contributed by atoms with van der Waals surface area (Å²) in [6.07, 6.45) is 1.09. The summed E-state index contributed by atoms with van der Waals surface area (Å²) in [5.41, 5.74) is 0.0220. The number of H-pyrrole nitrogens is 1. The zero-order valence-corrected chi connectivity index (χ0v) is 16.4. The van der Waals surface area contributed by atoms with E-state index in [0.29, 0.717) is 10.7 Å². The average Bonchev–Trinajstić information content (AvgIpc) is 2.95. The third-order valence-corrected chi connectivity index (χ3v) is 5.35. The summed E-state index contributed by atoms with van der Waals surface area (Å²) in [5.74, 6) is -1.07. The van der Waals surface area contributed by atoms with Gasteiger partial charge in [-0.15, -0.1) is 0 Å². The molecule has 0 unspecified atom stereocenters. The van der Waals surface area contributed by atoms with Crippen LogP contribution in [0.3, 0.4) is 0 Å². The van der Waals surface area contributed by atoms with E-state index in [2.05, 4.69) is 33.1 Å². The van der Waals surface area contributed by atoms with Gasteiger partial charge in [-0.25, -0.2) is 17.9 Å². The van der Waals surface area contributed by atoms with Crippen LogP contribution >= 0.6 is 34.2 Å². The SMILES string of the molecule is NS(=O)(=O)c1cc(-c2co[nH]c2=O)c(Nc2ccc(I)cc2Cl)cc1F. The Balaban J connectivity index is 2.22. The molecule has 1 heterocycles. The third-order valence-electron chi connectivity index (χ3n) is 3.44. The number of primary sulfonamides is 1. The first-order valence-electron chi connectivity index (χ1n) is 6.92. The van der Waals surface area contributed by atoms with Crippen LogP contribution < -0.4 is 16.0 Å². The number of nitrogens with one attached hydrogen (secondary N) is 2. The largest absolute Gasteiger partial charge is 0.386 e. The zero-order valence-electron chi connectivity index (χ0n) is 12.7. The highest BCUT2D eigenvalue weighted by atomic mass is 127. The van der Waals surface area contributed by atoms with Crippen LogP contribution in [0.2, 0.25) is 5.02 Å². The van der Waals surface area contributed by atoms with Gasteiger partial charge < -0.3 is 9.84 Å². The molecule has 0 saturated heterocycles.